The number of carbonyl (C=O) groups excluding carboxylic acids is 1. The normalized spacial score (nSPS) is 17.1. The molecule has 0 bridgehead atoms. The van der Waals surface area contributed by atoms with Crippen LogP contribution in [0.2, 0.25) is 5.02 Å². The topological polar surface area (TPSA) is 59.4 Å². The Morgan fingerprint density at radius 1 is 1.50 bits per heavy atom. The maximum atomic E-state index is 12.2. The van der Waals surface area contributed by atoms with Gasteiger partial charge in [0.05, 0.1) is 25.4 Å². The first kappa shape index (κ1) is 16.6. The van der Waals surface area contributed by atoms with Crippen LogP contribution < -0.4 is 15.0 Å². The number of methoxy groups -OCH3 is 1. The van der Waals surface area contributed by atoms with Gasteiger partial charge in [-0.05, 0) is 30.2 Å². The Hall–Kier alpha value is -2.21. The summed E-state index contributed by atoms with van der Waals surface area (Å²) in [6, 6.07) is 5.71. The first-order valence-corrected chi connectivity index (χ1v) is 8.28. The van der Waals surface area contributed by atoms with Crippen LogP contribution in [0.3, 0.4) is 0 Å². The van der Waals surface area contributed by atoms with E-state index in [0.717, 1.165) is 36.5 Å². The largest absolute Gasteiger partial charge is 0.495 e. The summed E-state index contributed by atoms with van der Waals surface area (Å²) in [5.41, 5.74) is 1.88. The van der Waals surface area contributed by atoms with Crippen molar-refractivity contribution in [2.45, 2.75) is 18.9 Å². The summed E-state index contributed by atoms with van der Waals surface area (Å²) in [5.74, 6) is 0.814. The summed E-state index contributed by atoms with van der Waals surface area (Å²) >= 11 is 6.11. The highest BCUT2D eigenvalue weighted by molar-refractivity contribution is 6.30. The van der Waals surface area contributed by atoms with Crippen molar-refractivity contribution in [1.82, 2.24) is 15.1 Å². The Labute approximate surface area is 146 Å². The molecule has 0 spiro atoms. The van der Waals surface area contributed by atoms with Crippen molar-refractivity contribution in [1.29, 1.82) is 0 Å². The number of hydrogen-bond acceptors (Lipinski definition) is 4. The van der Waals surface area contributed by atoms with Crippen molar-refractivity contribution in [3.8, 4) is 5.75 Å². The zero-order valence-corrected chi connectivity index (χ0v) is 14.6. The van der Waals surface area contributed by atoms with Crippen LogP contribution in [-0.2, 0) is 18.3 Å². The van der Waals surface area contributed by atoms with E-state index in [1.807, 2.05) is 31.4 Å². The lowest BCUT2D eigenvalue weighted by molar-refractivity contribution is -0.121. The summed E-state index contributed by atoms with van der Waals surface area (Å²) < 4.78 is 7.11. The second-order valence-corrected chi connectivity index (χ2v) is 6.45. The van der Waals surface area contributed by atoms with Crippen LogP contribution in [0.1, 0.15) is 12.0 Å². The minimum Gasteiger partial charge on any atom is -0.495 e. The number of hydrogen-bond donors (Lipinski definition) is 1. The number of anilines is 1. The molecule has 1 unspecified atom stereocenters. The lowest BCUT2D eigenvalue weighted by Gasteiger charge is -2.21. The summed E-state index contributed by atoms with van der Waals surface area (Å²) in [7, 11) is 3.49. The van der Waals surface area contributed by atoms with E-state index in [4.69, 9.17) is 16.3 Å². The number of benzene rings is 1. The molecular weight excluding hydrogens is 328 g/mol. The first-order valence-electron chi connectivity index (χ1n) is 7.90. The van der Waals surface area contributed by atoms with Gasteiger partial charge in [0.2, 0.25) is 5.91 Å². The van der Waals surface area contributed by atoms with Crippen LogP contribution in [0.15, 0.2) is 30.6 Å². The summed E-state index contributed by atoms with van der Waals surface area (Å²) in [6.07, 6.45) is 4.83. The number of ether oxygens (including phenoxy) is 1. The van der Waals surface area contributed by atoms with Crippen molar-refractivity contribution in [3.05, 3.63) is 41.2 Å². The highest BCUT2D eigenvalue weighted by atomic mass is 35.5. The third-order valence-corrected chi connectivity index (χ3v) is 4.39. The maximum absolute atomic E-state index is 12.2. The van der Waals surface area contributed by atoms with Crippen LogP contribution >= 0.6 is 11.6 Å². The van der Waals surface area contributed by atoms with Gasteiger partial charge in [-0.25, -0.2) is 0 Å². The van der Waals surface area contributed by atoms with Gasteiger partial charge in [0.1, 0.15) is 5.75 Å². The fourth-order valence-electron chi connectivity index (χ4n) is 3.03. The molecule has 1 atom stereocenters. The average Bonchev–Trinajstić information content (AvgIpc) is 3.16. The van der Waals surface area contributed by atoms with E-state index >= 15 is 0 Å². The molecule has 1 fully saturated rings. The Bertz CT molecular complexity index is 731. The number of aryl methyl sites for hydroxylation is 1. The predicted octanol–water partition coefficient (Wildman–Crippen LogP) is 2.02. The maximum Gasteiger partial charge on any atom is 0.224 e. The average molecular weight is 349 g/mol. The SMILES string of the molecule is COc1ccc(Cl)cc1N1CCC(NC(=O)Cc2cnn(C)c2)C1. The van der Waals surface area contributed by atoms with E-state index in [-0.39, 0.29) is 11.9 Å². The molecule has 1 aromatic heterocycles. The minimum absolute atomic E-state index is 0.0212. The van der Waals surface area contributed by atoms with Crippen molar-refractivity contribution in [3.63, 3.8) is 0 Å². The van der Waals surface area contributed by atoms with Crippen molar-refractivity contribution in [2.75, 3.05) is 25.1 Å². The molecule has 1 aromatic carbocycles. The number of rotatable bonds is 5. The fraction of sp³-hybridized carbons (Fsp3) is 0.412. The molecule has 0 saturated carbocycles. The first-order chi connectivity index (χ1) is 11.5. The molecule has 1 N–H and O–H groups in total. The van der Waals surface area contributed by atoms with Crippen molar-refractivity contribution in [2.24, 2.45) is 7.05 Å². The third kappa shape index (κ3) is 3.82. The molecule has 0 radical (unpaired) electrons. The summed E-state index contributed by atoms with van der Waals surface area (Å²) in [4.78, 5) is 14.4. The van der Waals surface area contributed by atoms with Gasteiger partial charge < -0.3 is 15.0 Å². The van der Waals surface area contributed by atoms with E-state index < -0.39 is 0 Å². The molecule has 6 nitrogen and oxygen atoms in total. The number of aromatic nitrogens is 2. The summed E-state index contributed by atoms with van der Waals surface area (Å²) in [5, 5.41) is 7.86. The Morgan fingerprint density at radius 3 is 3.04 bits per heavy atom. The molecule has 3 rings (SSSR count). The zero-order valence-electron chi connectivity index (χ0n) is 13.8. The summed E-state index contributed by atoms with van der Waals surface area (Å²) in [6.45, 7) is 1.60. The molecule has 24 heavy (non-hydrogen) atoms. The lowest BCUT2D eigenvalue weighted by Crippen LogP contribution is -2.38. The molecule has 1 amide bonds. The van der Waals surface area contributed by atoms with E-state index in [9.17, 15) is 4.79 Å². The van der Waals surface area contributed by atoms with Gasteiger partial charge in [-0.1, -0.05) is 11.6 Å². The Balaban J connectivity index is 1.59. The van der Waals surface area contributed by atoms with Gasteiger partial charge in [0, 0.05) is 37.4 Å². The van der Waals surface area contributed by atoms with Gasteiger partial charge in [-0.15, -0.1) is 0 Å². The third-order valence-electron chi connectivity index (χ3n) is 4.16. The lowest BCUT2D eigenvalue weighted by atomic mass is 10.2. The smallest absolute Gasteiger partial charge is 0.224 e. The number of nitrogens with zero attached hydrogens (tertiary/aromatic N) is 3. The number of nitrogens with one attached hydrogen (secondary N) is 1. The van der Waals surface area contributed by atoms with Gasteiger partial charge in [0.25, 0.3) is 0 Å². The quantitative estimate of drug-likeness (QED) is 0.898. The monoisotopic (exact) mass is 348 g/mol. The highest BCUT2D eigenvalue weighted by Crippen LogP contribution is 2.33. The van der Waals surface area contributed by atoms with E-state index in [1.54, 1.807) is 18.0 Å². The number of carbonyl (C=O) groups is 1. The molecular formula is C17H21ClN4O2. The molecule has 128 valence electrons. The second-order valence-electron chi connectivity index (χ2n) is 6.01. The predicted molar refractivity (Wildman–Crippen MR) is 93.7 cm³/mol. The van der Waals surface area contributed by atoms with E-state index in [0.29, 0.717) is 11.4 Å². The van der Waals surface area contributed by atoms with Crippen LogP contribution in [-0.4, -0.2) is 41.9 Å². The molecule has 7 heteroatoms. The van der Waals surface area contributed by atoms with Gasteiger partial charge >= 0.3 is 0 Å². The van der Waals surface area contributed by atoms with Crippen LogP contribution in [0.25, 0.3) is 0 Å². The number of amides is 1. The Kier molecular flexibility index (Phi) is 4.94. The van der Waals surface area contributed by atoms with E-state index in [2.05, 4.69) is 15.3 Å². The molecule has 2 heterocycles. The molecule has 2 aromatic rings. The molecule has 1 aliphatic rings. The van der Waals surface area contributed by atoms with Crippen LogP contribution in [0.5, 0.6) is 5.75 Å². The van der Waals surface area contributed by atoms with E-state index in [1.165, 1.54) is 0 Å². The molecule has 1 saturated heterocycles. The standard InChI is InChI=1S/C17H21ClN4O2/c1-21-10-12(9-19-21)7-17(23)20-14-5-6-22(11-14)15-8-13(18)3-4-16(15)24-2/h3-4,8-10,14H,5-7,11H2,1-2H3,(H,20,23). The minimum atomic E-state index is 0.0212. The Morgan fingerprint density at radius 2 is 2.33 bits per heavy atom. The molecule has 0 aliphatic carbocycles. The molecule has 1 aliphatic heterocycles. The highest BCUT2D eigenvalue weighted by Gasteiger charge is 2.26. The fourth-order valence-corrected chi connectivity index (χ4v) is 3.20. The zero-order chi connectivity index (χ0) is 17.1. The van der Waals surface area contributed by atoms with Crippen LogP contribution in [0.4, 0.5) is 5.69 Å². The van der Waals surface area contributed by atoms with Gasteiger partial charge in [0.15, 0.2) is 0 Å². The van der Waals surface area contributed by atoms with Crippen molar-refractivity contribution < 1.29 is 9.53 Å². The van der Waals surface area contributed by atoms with Gasteiger partial charge in [-0.3, -0.25) is 9.48 Å². The second kappa shape index (κ2) is 7.13. The van der Waals surface area contributed by atoms with Crippen LogP contribution in [0, 0.1) is 0 Å². The van der Waals surface area contributed by atoms with Gasteiger partial charge in [-0.2, -0.15) is 5.10 Å². The number of halogens is 1. The van der Waals surface area contributed by atoms with Crippen molar-refractivity contribution >= 4 is 23.2 Å².